The average Bonchev–Trinajstić information content (AvgIpc) is 3.19. The van der Waals surface area contributed by atoms with Crippen molar-refractivity contribution < 1.29 is 14.3 Å². The Morgan fingerprint density at radius 2 is 1.90 bits per heavy atom. The topological polar surface area (TPSA) is 94.3 Å². The number of carbonyl (C=O) groups is 2. The number of aromatic nitrogens is 1. The number of hydrogen-bond acceptors (Lipinski definition) is 7. The van der Waals surface area contributed by atoms with Crippen LogP contribution in [0.25, 0.3) is 10.2 Å². The molecule has 3 aromatic rings. The molecule has 8 heteroatoms. The van der Waals surface area contributed by atoms with E-state index in [4.69, 9.17) is 10.5 Å². The molecule has 0 saturated heterocycles. The van der Waals surface area contributed by atoms with Crippen LogP contribution in [0.5, 0.6) is 0 Å². The van der Waals surface area contributed by atoms with Crippen LogP contribution in [0.1, 0.15) is 74.3 Å². The molecule has 1 aliphatic carbocycles. The Hall–Kier alpha value is -2.45. The van der Waals surface area contributed by atoms with Crippen LogP contribution in [0.3, 0.4) is 0 Å². The van der Waals surface area contributed by atoms with Gasteiger partial charge in [-0.05, 0) is 63.6 Å². The highest BCUT2D eigenvalue weighted by Gasteiger charge is 2.28. The molecule has 0 saturated carbocycles. The van der Waals surface area contributed by atoms with Gasteiger partial charge in [0.2, 0.25) is 0 Å². The highest BCUT2D eigenvalue weighted by Crippen LogP contribution is 2.40. The molecule has 3 N–H and O–H groups in total. The average molecular weight is 458 g/mol. The summed E-state index contributed by atoms with van der Waals surface area (Å²) >= 11 is 2.78. The van der Waals surface area contributed by atoms with Gasteiger partial charge >= 0.3 is 5.97 Å². The Kier molecular flexibility index (Phi) is 6.29. The van der Waals surface area contributed by atoms with Crippen LogP contribution in [0.2, 0.25) is 0 Å². The standard InChI is InChI=1S/C23H27N3O3S2/c1-4-29-23(28)17-14-9-7-5-6-8-10-15(14)30-22(17)26-20(27)19-18(24)16-12(2)11-13(3)25-21(16)31-19/h11H,4-10,24H2,1-3H3,(H,26,27). The number of hydrogen-bond donors (Lipinski definition) is 2. The number of fused-ring (bicyclic) bond motifs is 2. The third kappa shape index (κ3) is 4.19. The van der Waals surface area contributed by atoms with E-state index in [1.165, 1.54) is 34.0 Å². The lowest BCUT2D eigenvalue weighted by atomic mass is 9.96. The quantitative estimate of drug-likeness (QED) is 0.494. The van der Waals surface area contributed by atoms with Crippen molar-refractivity contribution in [3.8, 4) is 0 Å². The highest BCUT2D eigenvalue weighted by molar-refractivity contribution is 7.21. The van der Waals surface area contributed by atoms with E-state index in [-0.39, 0.29) is 11.9 Å². The first kappa shape index (κ1) is 21.8. The number of anilines is 2. The number of aryl methyl sites for hydroxylation is 3. The summed E-state index contributed by atoms with van der Waals surface area (Å²) in [5.41, 5.74) is 10.2. The smallest absolute Gasteiger partial charge is 0.341 e. The molecular weight excluding hydrogens is 430 g/mol. The Morgan fingerprint density at radius 1 is 1.16 bits per heavy atom. The van der Waals surface area contributed by atoms with Gasteiger partial charge in [-0.2, -0.15) is 0 Å². The second kappa shape index (κ2) is 8.96. The van der Waals surface area contributed by atoms with E-state index in [1.807, 2.05) is 19.9 Å². The number of carbonyl (C=O) groups excluding carboxylic acids is 2. The summed E-state index contributed by atoms with van der Waals surface area (Å²) in [7, 11) is 0. The van der Waals surface area contributed by atoms with Crippen molar-refractivity contribution in [3.05, 3.63) is 38.2 Å². The molecule has 164 valence electrons. The largest absolute Gasteiger partial charge is 0.462 e. The first-order valence-electron chi connectivity index (χ1n) is 10.7. The molecule has 6 nitrogen and oxygen atoms in total. The highest BCUT2D eigenvalue weighted by atomic mass is 32.1. The molecule has 0 spiro atoms. The van der Waals surface area contributed by atoms with Gasteiger partial charge in [0, 0.05) is 16.0 Å². The van der Waals surface area contributed by atoms with Gasteiger partial charge in [-0.3, -0.25) is 4.79 Å². The van der Waals surface area contributed by atoms with Crippen LogP contribution in [0.4, 0.5) is 10.7 Å². The van der Waals surface area contributed by atoms with Crippen molar-refractivity contribution >= 4 is 55.5 Å². The van der Waals surface area contributed by atoms with E-state index >= 15 is 0 Å². The summed E-state index contributed by atoms with van der Waals surface area (Å²) in [4.78, 5) is 32.9. The van der Waals surface area contributed by atoms with Crippen LogP contribution in [-0.2, 0) is 17.6 Å². The normalized spacial score (nSPS) is 14.0. The molecule has 0 bridgehead atoms. The molecule has 0 aromatic carbocycles. The van der Waals surface area contributed by atoms with Crippen LogP contribution in [-0.4, -0.2) is 23.5 Å². The number of thiophene rings is 2. The minimum absolute atomic E-state index is 0.296. The zero-order chi connectivity index (χ0) is 22.1. The predicted molar refractivity (Wildman–Crippen MR) is 128 cm³/mol. The molecular formula is C23H27N3O3S2. The lowest BCUT2D eigenvalue weighted by molar-refractivity contribution is 0.0526. The van der Waals surface area contributed by atoms with Crippen LogP contribution in [0, 0.1) is 13.8 Å². The van der Waals surface area contributed by atoms with Gasteiger partial charge in [0.05, 0.1) is 17.9 Å². The lowest BCUT2D eigenvalue weighted by Gasteiger charge is -2.11. The number of pyridine rings is 1. The summed E-state index contributed by atoms with van der Waals surface area (Å²) in [5.74, 6) is -0.675. The van der Waals surface area contributed by atoms with E-state index in [9.17, 15) is 9.59 Å². The second-order valence-corrected chi connectivity index (χ2v) is 10.0. The first-order valence-corrected chi connectivity index (χ1v) is 12.3. The van der Waals surface area contributed by atoms with Crippen molar-refractivity contribution in [1.82, 2.24) is 4.98 Å². The van der Waals surface area contributed by atoms with Crippen LogP contribution < -0.4 is 11.1 Å². The van der Waals surface area contributed by atoms with Gasteiger partial charge < -0.3 is 15.8 Å². The molecule has 0 aliphatic heterocycles. The summed E-state index contributed by atoms with van der Waals surface area (Å²) in [6, 6.07) is 1.96. The zero-order valence-electron chi connectivity index (χ0n) is 18.1. The van der Waals surface area contributed by atoms with Crippen LogP contribution >= 0.6 is 22.7 Å². The van der Waals surface area contributed by atoms with E-state index in [0.717, 1.165) is 59.1 Å². The lowest BCUT2D eigenvalue weighted by Crippen LogP contribution is -2.15. The molecule has 0 radical (unpaired) electrons. The number of nitrogens with one attached hydrogen (secondary N) is 1. The van der Waals surface area contributed by atoms with Crippen molar-refractivity contribution in [3.63, 3.8) is 0 Å². The second-order valence-electron chi connectivity index (χ2n) is 7.90. The third-order valence-corrected chi connectivity index (χ3v) is 7.91. The summed E-state index contributed by atoms with van der Waals surface area (Å²) in [6.45, 7) is 5.99. The Labute approximate surface area is 189 Å². The number of esters is 1. The van der Waals surface area contributed by atoms with Crippen LogP contribution in [0.15, 0.2) is 6.07 Å². The summed E-state index contributed by atoms with van der Waals surface area (Å²) in [5, 5.41) is 4.37. The molecule has 31 heavy (non-hydrogen) atoms. The van der Waals surface area contributed by atoms with E-state index in [0.29, 0.717) is 27.7 Å². The molecule has 3 heterocycles. The monoisotopic (exact) mass is 457 g/mol. The van der Waals surface area contributed by atoms with Gasteiger partial charge in [0.25, 0.3) is 5.91 Å². The molecule has 1 amide bonds. The number of amides is 1. The zero-order valence-corrected chi connectivity index (χ0v) is 19.7. The predicted octanol–water partition coefficient (Wildman–Crippen LogP) is 5.64. The maximum atomic E-state index is 13.2. The van der Waals surface area contributed by atoms with Crippen molar-refractivity contribution in [1.29, 1.82) is 0 Å². The summed E-state index contributed by atoms with van der Waals surface area (Å²) in [6.07, 6.45) is 6.24. The number of nitrogens with zero attached hydrogens (tertiary/aromatic N) is 1. The fourth-order valence-corrected chi connectivity index (χ4v) is 6.61. The SMILES string of the molecule is CCOC(=O)c1c(NC(=O)c2sc3nc(C)cc(C)c3c2N)sc2c1CCCCCC2. The van der Waals surface area contributed by atoms with E-state index in [2.05, 4.69) is 10.3 Å². The molecule has 0 fully saturated rings. The Balaban J connectivity index is 1.73. The van der Waals surface area contributed by atoms with Gasteiger partial charge in [0.1, 0.15) is 14.7 Å². The number of ether oxygens (including phenoxy) is 1. The maximum absolute atomic E-state index is 13.2. The molecule has 4 rings (SSSR count). The molecule has 1 aliphatic rings. The maximum Gasteiger partial charge on any atom is 0.341 e. The molecule has 0 atom stereocenters. The van der Waals surface area contributed by atoms with Gasteiger partial charge in [-0.25, -0.2) is 9.78 Å². The molecule has 3 aromatic heterocycles. The van der Waals surface area contributed by atoms with E-state index in [1.54, 1.807) is 6.92 Å². The summed E-state index contributed by atoms with van der Waals surface area (Å²) < 4.78 is 5.34. The molecule has 0 unspecified atom stereocenters. The van der Waals surface area contributed by atoms with Gasteiger partial charge in [-0.1, -0.05) is 12.8 Å². The minimum atomic E-state index is -0.367. The van der Waals surface area contributed by atoms with Crippen molar-refractivity contribution in [2.24, 2.45) is 0 Å². The number of nitrogen functional groups attached to an aromatic ring is 1. The van der Waals surface area contributed by atoms with E-state index < -0.39 is 0 Å². The fourth-order valence-electron chi connectivity index (χ4n) is 4.22. The number of nitrogens with two attached hydrogens (primary N) is 1. The Bertz CT molecular complexity index is 1160. The number of rotatable bonds is 4. The van der Waals surface area contributed by atoms with Gasteiger partial charge in [-0.15, -0.1) is 22.7 Å². The van der Waals surface area contributed by atoms with Gasteiger partial charge in [0.15, 0.2) is 0 Å². The van der Waals surface area contributed by atoms with Crippen molar-refractivity contribution in [2.45, 2.75) is 59.3 Å². The fraction of sp³-hybridized carbons (Fsp3) is 0.435. The van der Waals surface area contributed by atoms with Crippen molar-refractivity contribution in [2.75, 3.05) is 17.7 Å². The third-order valence-electron chi connectivity index (χ3n) is 5.61. The first-order chi connectivity index (χ1) is 14.9. The minimum Gasteiger partial charge on any atom is -0.462 e. The Morgan fingerprint density at radius 3 is 2.65 bits per heavy atom.